The monoisotopic (exact) mass is 398 g/mol. The van der Waals surface area contributed by atoms with Gasteiger partial charge in [0.1, 0.15) is 0 Å². The van der Waals surface area contributed by atoms with Crippen molar-refractivity contribution >= 4 is 28.6 Å². The maximum absolute atomic E-state index is 11.7. The standard InChI is InChI=1S/C24H18N2O4/c1-30-23(27)12-10-17-15-18(20-7-4-5-16-13-14-25-24(16)20)9-11-19(17)21-6-2-3-8-22(21)26(28)29/h2-15,25H,1H3/b12-10+. The van der Waals surface area contributed by atoms with Gasteiger partial charge in [-0.1, -0.05) is 42.5 Å². The highest BCUT2D eigenvalue weighted by atomic mass is 16.6. The summed E-state index contributed by atoms with van der Waals surface area (Å²) >= 11 is 0. The topological polar surface area (TPSA) is 85.2 Å². The van der Waals surface area contributed by atoms with Crippen LogP contribution in [0.3, 0.4) is 0 Å². The number of carbonyl (C=O) groups excluding carboxylic acids is 1. The van der Waals surface area contributed by atoms with Gasteiger partial charge in [0.15, 0.2) is 0 Å². The Labute approximate surface area is 172 Å². The number of nitro groups is 1. The predicted octanol–water partition coefficient (Wildman–Crippen LogP) is 5.60. The van der Waals surface area contributed by atoms with Gasteiger partial charge >= 0.3 is 5.97 Å². The van der Waals surface area contributed by atoms with Crippen LogP contribution in [0.2, 0.25) is 0 Å². The number of fused-ring (bicyclic) bond motifs is 1. The number of nitrogens with zero attached hydrogens (tertiary/aromatic N) is 1. The smallest absolute Gasteiger partial charge is 0.330 e. The number of methoxy groups -OCH3 is 1. The summed E-state index contributed by atoms with van der Waals surface area (Å²) in [5, 5.41) is 12.6. The Morgan fingerprint density at radius 2 is 1.80 bits per heavy atom. The lowest BCUT2D eigenvalue weighted by Crippen LogP contribution is -1.96. The summed E-state index contributed by atoms with van der Waals surface area (Å²) in [6.45, 7) is 0. The Balaban J connectivity index is 1.92. The van der Waals surface area contributed by atoms with E-state index >= 15 is 0 Å². The fraction of sp³-hybridized carbons (Fsp3) is 0.0417. The van der Waals surface area contributed by atoms with Gasteiger partial charge in [0.25, 0.3) is 5.69 Å². The van der Waals surface area contributed by atoms with Crippen molar-refractivity contribution in [3.8, 4) is 22.3 Å². The normalized spacial score (nSPS) is 11.1. The van der Waals surface area contributed by atoms with Crippen molar-refractivity contribution in [1.82, 2.24) is 4.98 Å². The van der Waals surface area contributed by atoms with Crippen LogP contribution >= 0.6 is 0 Å². The third-order valence-electron chi connectivity index (χ3n) is 4.94. The van der Waals surface area contributed by atoms with Gasteiger partial charge in [0.2, 0.25) is 0 Å². The maximum Gasteiger partial charge on any atom is 0.330 e. The van der Waals surface area contributed by atoms with E-state index < -0.39 is 10.9 Å². The summed E-state index contributed by atoms with van der Waals surface area (Å²) in [5.41, 5.74) is 4.75. The van der Waals surface area contributed by atoms with E-state index in [0.29, 0.717) is 16.7 Å². The molecule has 4 aromatic rings. The number of ether oxygens (including phenoxy) is 1. The van der Waals surface area contributed by atoms with E-state index in [1.54, 1.807) is 24.3 Å². The Bertz CT molecular complexity index is 1290. The number of nitro benzene ring substituents is 1. The molecule has 1 N–H and O–H groups in total. The molecule has 0 aliphatic heterocycles. The van der Waals surface area contributed by atoms with Gasteiger partial charge in [-0.05, 0) is 46.4 Å². The van der Waals surface area contributed by atoms with Crippen molar-refractivity contribution in [2.24, 2.45) is 0 Å². The summed E-state index contributed by atoms with van der Waals surface area (Å²) < 4.78 is 4.70. The van der Waals surface area contributed by atoms with Crippen molar-refractivity contribution in [1.29, 1.82) is 0 Å². The number of esters is 1. The first-order valence-corrected chi connectivity index (χ1v) is 9.29. The zero-order valence-electron chi connectivity index (χ0n) is 16.2. The number of benzene rings is 3. The molecule has 30 heavy (non-hydrogen) atoms. The molecule has 0 fully saturated rings. The van der Waals surface area contributed by atoms with E-state index in [2.05, 4.69) is 4.98 Å². The van der Waals surface area contributed by atoms with Gasteiger partial charge in [-0.25, -0.2) is 4.79 Å². The highest BCUT2D eigenvalue weighted by Crippen LogP contribution is 2.36. The number of nitrogens with one attached hydrogen (secondary N) is 1. The molecule has 0 radical (unpaired) electrons. The van der Waals surface area contributed by atoms with Crippen LogP contribution in [-0.4, -0.2) is 23.0 Å². The summed E-state index contributed by atoms with van der Waals surface area (Å²) in [7, 11) is 1.30. The van der Waals surface area contributed by atoms with Crippen LogP contribution in [0, 0.1) is 10.1 Å². The molecule has 0 saturated carbocycles. The lowest BCUT2D eigenvalue weighted by atomic mass is 9.93. The van der Waals surface area contributed by atoms with Crippen molar-refractivity contribution in [3.63, 3.8) is 0 Å². The molecule has 1 heterocycles. The Hall–Kier alpha value is -4.19. The second-order valence-electron chi connectivity index (χ2n) is 6.68. The van der Waals surface area contributed by atoms with Gasteiger partial charge in [-0.2, -0.15) is 0 Å². The first-order valence-electron chi connectivity index (χ1n) is 9.29. The van der Waals surface area contributed by atoms with E-state index in [0.717, 1.165) is 22.0 Å². The van der Waals surface area contributed by atoms with E-state index in [1.165, 1.54) is 19.3 Å². The number of para-hydroxylation sites is 2. The molecule has 0 amide bonds. The van der Waals surface area contributed by atoms with Gasteiger partial charge in [0, 0.05) is 23.9 Å². The molecular weight excluding hydrogens is 380 g/mol. The molecule has 0 bridgehead atoms. The fourth-order valence-corrected chi connectivity index (χ4v) is 3.53. The first kappa shape index (κ1) is 19.1. The maximum atomic E-state index is 11.7. The fourth-order valence-electron chi connectivity index (χ4n) is 3.53. The number of hydrogen-bond acceptors (Lipinski definition) is 4. The quantitative estimate of drug-likeness (QED) is 0.205. The second-order valence-corrected chi connectivity index (χ2v) is 6.68. The SMILES string of the molecule is COC(=O)/C=C/c1cc(-c2cccc3cc[nH]c23)ccc1-c1ccccc1[N+](=O)[O-]. The Morgan fingerprint density at radius 1 is 1.00 bits per heavy atom. The molecule has 6 nitrogen and oxygen atoms in total. The van der Waals surface area contributed by atoms with Gasteiger partial charge in [0.05, 0.1) is 23.1 Å². The average Bonchev–Trinajstić information content (AvgIpc) is 3.26. The number of hydrogen-bond donors (Lipinski definition) is 1. The molecule has 0 aliphatic rings. The predicted molar refractivity (Wildman–Crippen MR) is 117 cm³/mol. The molecule has 1 aromatic heterocycles. The molecule has 3 aromatic carbocycles. The minimum atomic E-state index is -0.500. The number of carbonyl (C=O) groups is 1. The lowest BCUT2D eigenvalue weighted by molar-refractivity contribution is -0.384. The molecule has 6 heteroatoms. The molecule has 0 atom stereocenters. The van der Waals surface area contributed by atoms with Gasteiger partial charge < -0.3 is 9.72 Å². The van der Waals surface area contributed by atoms with Crippen molar-refractivity contribution in [2.45, 2.75) is 0 Å². The molecule has 0 spiro atoms. The Kier molecular flexibility index (Phi) is 5.13. The van der Waals surface area contributed by atoms with Crippen LogP contribution < -0.4 is 0 Å². The number of aromatic nitrogens is 1. The third kappa shape index (κ3) is 3.58. The lowest BCUT2D eigenvalue weighted by Gasteiger charge is -2.11. The molecule has 4 rings (SSSR count). The summed E-state index contributed by atoms with van der Waals surface area (Å²) in [6, 6.07) is 20.3. The van der Waals surface area contributed by atoms with Crippen LogP contribution in [0.5, 0.6) is 0 Å². The molecule has 0 saturated heterocycles. The highest BCUT2D eigenvalue weighted by Gasteiger charge is 2.17. The first-order chi connectivity index (χ1) is 14.6. The van der Waals surface area contributed by atoms with Crippen LogP contribution in [0.1, 0.15) is 5.56 Å². The zero-order chi connectivity index (χ0) is 21.1. The van der Waals surface area contributed by atoms with Crippen LogP contribution in [0.15, 0.2) is 79.0 Å². The van der Waals surface area contributed by atoms with Gasteiger partial charge in [-0.15, -0.1) is 0 Å². The van der Waals surface area contributed by atoms with E-state index in [-0.39, 0.29) is 5.69 Å². The molecule has 0 aliphatic carbocycles. The minimum absolute atomic E-state index is 0.00411. The average molecular weight is 398 g/mol. The van der Waals surface area contributed by atoms with Crippen molar-refractivity contribution in [3.05, 3.63) is 94.7 Å². The zero-order valence-corrected chi connectivity index (χ0v) is 16.2. The van der Waals surface area contributed by atoms with Crippen LogP contribution in [0.4, 0.5) is 5.69 Å². The minimum Gasteiger partial charge on any atom is -0.466 e. The van der Waals surface area contributed by atoms with E-state index in [9.17, 15) is 14.9 Å². The summed E-state index contributed by atoms with van der Waals surface area (Å²) in [4.78, 5) is 26.1. The summed E-state index contributed by atoms with van der Waals surface area (Å²) in [6.07, 6.45) is 4.82. The number of H-pyrrole nitrogens is 1. The molecule has 0 unspecified atom stereocenters. The largest absolute Gasteiger partial charge is 0.466 e. The Morgan fingerprint density at radius 3 is 2.60 bits per heavy atom. The van der Waals surface area contributed by atoms with Crippen molar-refractivity contribution in [2.75, 3.05) is 7.11 Å². The third-order valence-corrected chi connectivity index (χ3v) is 4.94. The number of rotatable bonds is 5. The van der Waals surface area contributed by atoms with E-state index in [1.807, 2.05) is 48.7 Å². The van der Waals surface area contributed by atoms with Crippen molar-refractivity contribution < 1.29 is 14.5 Å². The molecular formula is C24H18N2O4. The highest BCUT2D eigenvalue weighted by molar-refractivity contribution is 5.96. The van der Waals surface area contributed by atoms with E-state index in [4.69, 9.17) is 4.74 Å². The van der Waals surface area contributed by atoms with Crippen LogP contribution in [0.25, 0.3) is 39.2 Å². The molecule has 148 valence electrons. The van der Waals surface area contributed by atoms with Gasteiger partial charge in [-0.3, -0.25) is 10.1 Å². The second kappa shape index (κ2) is 8.05. The van der Waals surface area contributed by atoms with Crippen LogP contribution in [-0.2, 0) is 9.53 Å². The number of aromatic amines is 1. The summed E-state index contributed by atoms with van der Waals surface area (Å²) in [5.74, 6) is -0.500.